The SMILES string of the molecule is CC1(C)CN(CC2CCCNC2)CCO1. The lowest BCUT2D eigenvalue weighted by Crippen LogP contribution is -2.50. The lowest BCUT2D eigenvalue weighted by molar-refractivity contribution is -0.0894. The van der Waals surface area contributed by atoms with Crippen LogP contribution in [0.3, 0.4) is 0 Å². The van der Waals surface area contributed by atoms with Crippen LogP contribution < -0.4 is 5.32 Å². The molecule has 0 radical (unpaired) electrons. The molecule has 2 saturated heterocycles. The summed E-state index contributed by atoms with van der Waals surface area (Å²) in [6, 6.07) is 0. The molecule has 1 atom stereocenters. The maximum Gasteiger partial charge on any atom is 0.0753 e. The lowest BCUT2D eigenvalue weighted by Gasteiger charge is -2.40. The first-order valence-corrected chi connectivity index (χ1v) is 6.23. The van der Waals surface area contributed by atoms with Crippen molar-refractivity contribution in [3.05, 3.63) is 0 Å². The molecule has 0 aromatic carbocycles. The van der Waals surface area contributed by atoms with Crippen LogP contribution >= 0.6 is 0 Å². The molecule has 1 N–H and O–H groups in total. The van der Waals surface area contributed by atoms with E-state index < -0.39 is 0 Å². The van der Waals surface area contributed by atoms with E-state index in [1.807, 2.05) is 0 Å². The highest BCUT2D eigenvalue weighted by Crippen LogP contribution is 2.19. The summed E-state index contributed by atoms with van der Waals surface area (Å²) in [6.45, 7) is 11.1. The van der Waals surface area contributed by atoms with Crippen molar-refractivity contribution in [2.75, 3.05) is 39.3 Å². The number of piperidine rings is 1. The minimum absolute atomic E-state index is 0.0559. The summed E-state index contributed by atoms with van der Waals surface area (Å²) in [5.74, 6) is 0.854. The van der Waals surface area contributed by atoms with Gasteiger partial charge in [0.1, 0.15) is 0 Å². The maximum atomic E-state index is 5.73. The molecule has 2 heterocycles. The summed E-state index contributed by atoms with van der Waals surface area (Å²) >= 11 is 0. The van der Waals surface area contributed by atoms with Gasteiger partial charge < -0.3 is 10.1 Å². The number of nitrogens with zero attached hydrogens (tertiary/aromatic N) is 1. The van der Waals surface area contributed by atoms with Gasteiger partial charge in [-0.2, -0.15) is 0 Å². The third-order valence-corrected chi connectivity index (χ3v) is 3.42. The smallest absolute Gasteiger partial charge is 0.0753 e. The molecule has 0 saturated carbocycles. The lowest BCUT2D eigenvalue weighted by atomic mass is 9.98. The average Bonchev–Trinajstić information content (AvgIpc) is 2.17. The van der Waals surface area contributed by atoms with Crippen LogP contribution in [0.25, 0.3) is 0 Å². The van der Waals surface area contributed by atoms with E-state index in [1.54, 1.807) is 0 Å². The van der Waals surface area contributed by atoms with Gasteiger partial charge in [0.25, 0.3) is 0 Å². The monoisotopic (exact) mass is 212 g/mol. The Balaban J connectivity index is 1.78. The van der Waals surface area contributed by atoms with Gasteiger partial charge in [-0.25, -0.2) is 0 Å². The topological polar surface area (TPSA) is 24.5 Å². The van der Waals surface area contributed by atoms with Gasteiger partial charge in [0.2, 0.25) is 0 Å². The first kappa shape index (κ1) is 11.4. The summed E-state index contributed by atoms with van der Waals surface area (Å²) in [6.07, 6.45) is 2.74. The Kier molecular flexibility index (Phi) is 3.65. The zero-order valence-electron chi connectivity index (χ0n) is 10.1. The van der Waals surface area contributed by atoms with Gasteiger partial charge in [0.15, 0.2) is 0 Å². The van der Waals surface area contributed by atoms with Crippen LogP contribution in [0.4, 0.5) is 0 Å². The second-order valence-corrected chi connectivity index (χ2v) is 5.56. The van der Waals surface area contributed by atoms with E-state index in [2.05, 4.69) is 24.1 Å². The van der Waals surface area contributed by atoms with Gasteiger partial charge in [0.05, 0.1) is 12.2 Å². The number of ether oxygens (including phenoxy) is 1. The van der Waals surface area contributed by atoms with Crippen LogP contribution in [0.1, 0.15) is 26.7 Å². The van der Waals surface area contributed by atoms with Gasteiger partial charge in [-0.1, -0.05) is 0 Å². The van der Waals surface area contributed by atoms with E-state index in [0.717, 1.165) is 25.6 Å². The number of morpholine rings is 1. The van der Waals surface area contributed by atoms with Crippen LogP contribution in [0.5, 0.6) is 0 Å². The molecule has 2 rings (SSSR count). The first-order valence-electron chi connectivity index (χ1n) is 6.23. The third-order valence-electron chi connectivity index (χ3n) is 3.42. The van der Waals surface area contributed by atoms with E-state index in [-0.39, 0.29) is 5.60 Å². The van der Waals surface area contributed by atoms with E-state index in [9.17, 15) is 0 Å². The van der Waals surface area contributed by atoms with E-state index >= 15 is 0 Å². The minimum Gasteiger partial charge on any atom is -0.373 e. The summed E-state index contributed by atoms with van der Waals surface area (Å²) in [5, 5.41) is 3.49. The highest BCUT2D eigenvalue weighted by molar-refractivity contribution is 4.81. The standard InChI is InChI=1S/C12H24N2O/c1-12(2)10-14(6-7-15-12)9-11-4-3-5-13-8-11/h11,13H,3-10H2,1-2H3. The normalized spacial score (nSPS) is 32.8. The summed E-state index contributed by atoms with van der Waals surface area (Å²) in [5.41, 5.74) is 0.0559. The van der Waals surface area contributed by atoms with Gasteiger partial charge >= 0.3 is 0 Å². The van der Waals surface area contributed by atoms with Gasteiger partial charge in [-0.15, -0.1) is 0 Å². The Morgan fingerprint density at radius 2 is 2.33 bits per heavy atom. The van der Waals surface area contributed by atoms with E-state index in [0.29, 0.717) is 0 Å². The summed E-state index contributed by atoms with van der Waals surface area (Å²) in [4.78, 5) is 2.57. The van der Waals surface area contributed by atoms with Crippen molar-refractivity contribution in [2.24, 2.45) is 5.92 Å². The van der Waals surface area contributed by atoms with Gasteiger partial charge in [0, 0.05) is 19.6 Å². The van der Waals surface area contributed by atoms with Crippen LogP contribution in [-0.2, 0) is 4.74 Å². The second kappa shape index (κ2) is 4.81. The van der Waals surface area contributed by atoms with Crippen LogP contribution in [0.15, 0.2) is 0 Å². The summed E-state index contributed by atoms with van der Waals surface area (Å²) < 4.78 is 5.73. The molecule has 88 valence electrons. The number of nitrogens with one attached hydrogen (secondary N) is 1. The van der Waals surface area contributed by atoms with Crippen molar-refractivity contribution >= 4 is 0 Å². The molecule has 3 nitrogen and oxygen atoms in total. The Labute approximate surface area is 93.2 Å². The molecule has 0 aromatic heterocycles. The Bertz CT molecular complexity index is 200. The van der Waals surface area contributed by atoms with Crippen molar-refractivity contribution in [2.45, 2.75) is 32.3 Å². The van der Waals surface area contributed by atoms with Crippen LogP contribution in [-0.4, -0.2) is 49.8 Å². The molecule has 1 unspecified atom stereocenters. The number of hydrogen-bond donors (Lipinski definition) is 1. The fourth-order valence-corrected chi connectivity index (χ4v) is 2.72. The Morgan fingerprint density at radius 1 is 1.47 bits per heavy atom. The molecular weight excluding hydrogens is 188 g/mol. The minimum atomic E-state index is 0.0559. The molecule has 15 heavy (non-hydrogen) atoms. The van der Waals surface area contributed by atoms with Crippen molar-refractivity contribution < 1.29 is 4.74 Å². The highest BCUT2D eigenvalue weighted by Gasteiger charge is 2.28. The van der Waals surface area contributed by atoms with Crippen molar-refractivity contribution in [3.63, 3.8) is 0 Å². The molecule has 0 aliphatic carbocycles. The fourth-order valence-electron chi connectivity index (χ4n) is 2.72. The Morgan fingerprint density at radius 3 is 3.00 bits per heavy atom. The van der Waals surface area contributed by atoms with Crippen molar-refractivity contribution in [1.29, 1.82) is 0 Å². The van der Waals surface area contributed by atoms with Gasteiger partial charge in [-0.3, -0.25) is 4.90 Å². The molecule has 0 amide bonds. The van der Waals surface area contributed by atoms with Crippen molar-refractivity contribution in [1.82, 2.24) is 10.2 Å². The quantitative estimate of drug-likeness (QED) is 0.742. The molecule has 3 heteroatoms. The fraction of sp³-hybridized carbons (Fsp3) is 1.00. The second-order valence-electron chi connectivity index (χ2n) is 5.56. The molecule has 0 aromatic rings. The predicted octanol–water partition coefficient (Wildman–Crippen LogP) is 1.10. The molecule has 2 fully saturated rings. The zero-order valence-corrected chi connectivity index (χ0v) is 10.1. The summed E-state index contributed by atoms with van der Waals surface area (Å²) in [7, 11) is 0. The number of rotatable bonds is 2. The zero-order chi connectivity index (χ0) is 10.7. The van der Waals surface area contributed by atoms with E-state index in [1.165, 1.54) is 32.5 Å². The van der Waals surface area contributed by atoms with Crippen LogP contribution in [0.2, 0.25) is 0 Å². The molecular formula is C12H24N2O. The highest BCUT2D eigenvalue weighted by atomic mass is 16.5. The van der Waals surface area contributed by atoms with Crippen LogP contribution in [0, 0.1) is 5.92 Å². The average molecular weight is 212 g/mol. The maximum absolute atomic E-state index is 5.73. The molecule has 0 spiro atoms. The molecule has 0 bridgehead atoms. The third kappa shape index (κ3) is 3.44. The molecule has 2 aliphatic rings. The number of hydrogen-bond acceptors (Lipinski definition) is 3. The first-order chi connectivity index (χ1) is 7.16. The predicted molar refractivity (Wildman–Crippen MR) is 62.1 cm³/mol. The largest absolute Gasteiger partial charge is 0.373 e. The van der Waals surface area contributed by atoms with Crippen molar-refractivity contribution in [3.8, 4) is 0 Å². The van der Waals surface area contributed by atoms with E-state index in [4.69, 9.17) is 4.74 Å². The molecule has 2 aliphatic heterocycles. The van der Waals surface area contributed by atoms with Gasteiger partial charge in [-0.05, 0) is 45.7 Å². The Hall–Kier alpha value is -0.120.